The summed E-state index contributed by atoms with van der Waals surface area (Å²) in [6, 6.07) is 28.1. The van der Waals surface area contributed by atoms with Gasteiger partial charge in [-0.15, -0.1) is 0 Å². The van der Waals surface area contributed by atoms with E-state index in [1.54, 1.807) is 4.40 Å². The first kappa shape index (κ1) is 42.9. The third kappa shape index (κ3) is 10.3. The van der Waals surface area contributed by atoms with Gasteiger partial charge in [0.25, 0.3) is 0 Å². The summed E-state index contributed by atoms with van der Waals surface area (Å²) in [5.74, 6) is -9.54. The van der Waals surface area contributed by atoms with E-state index in [0.717, 1.165) is 39.2 Å². The van der Waals surface area contributed by atoms with Crippen molar-refractivity contribution in [2.24, 2.45) is 3.50 Å². The fraction of sp³-hybridized carbons (Fsp3) is 0.239. The van der Waals surface area contributed by atoms with Crippen molar-refractivity contribution in [2.75, 3.05) is 0 Å². The van der Waals surface area contributed by atoms with Gasteiger partial charge in [0.1, 0.15) is 5.75 Å². The van der Waals surface area contributed by atoms with Gasteiger partial charge in [-0.05, 0) is 74.9 Å². The second kappa shape index (κ2) is 18.2. The van der Waals surface area contributed by atoms with Gasteiger partial charge in [-0.2, -0.15) is 11.4 Å². The molecule has 0 amide bonds. The molecule has 1 N–H and O–H groups in total. The van der Waals surface area contributed by atoms with Crippen LogP contribution in [0.5, 0.6) is 5.75 Å². The number of nitrogens with zero attached hydrogens (tertiary/aromatic N) is 2. The molecule has 6 rings (SSSR count). The first-order chi connectivity index (χ1) is 25.8. The summed E-state index contributed by atoms with van der Waals surface area (Å²) in [4.78, 5) is 4.11. The van der Waals surface area contributed by atoms with E-state index in [1.165, 1.54) is 33.4 Å². The molecule has 0 aliphatic carbocycles. The molecule has 0 aliphatic heterocycles. The predicted octanol–water partition coefficient (Wildman–Crippen LogP) is 12.9. The summed E-state index contributed by atoms with van der Waals surface area (Å²) < 4.78 is 71.7. The number of aromatic nitrogens is 1. The van der Waals surface area contributed by atoms with Gasteiger partial charge in [-0.1, -0.05) is 79.6 Å². The minimum absolute atomic E-state index is 0.368. The van der Waals surface area contributed by atoms with Crippen LogP contribution in [0, 0.1) is 84.5 Å². The first-order valence-corrected chi connectivity index (χ1v) is 19.7. The Morgan fingerprint density at radius 3 is 1.35 bits per heavy atom. The largest absolute Gasteiger partial charge is 0.665 e. The number of para-hydroxylation sites is 1. The number of rotatable bonds is 5. The molecule has 0 spiro atoms. The molecule has 5 aromatic carbocycles. The molecule has 0 unspecified atom stereocenters. The van der Waals surface area contributed by atoms with E-state index >= 15 is 0 Å². The molecular weight excluding hydrogens is 787 g/mol. The monoisotopic (exact) mass is 835 g/mol. The molecule has 9 heteroatoms. The molecule has 0 radical (unpaired) electrons. The van der Waals surface area contributed by atoms with Crippen LogP contribution in [0.1, 0.15) is 64.2 Å². The van der Waals surface area contributed by atoms with Gasteiger partial charge >= 0.3 is 138 Å². The Morgan fingerprint density at radius 2 is 0.964 bits per heavy atom. The van der Waals surface area contributed by atoms with Crippen molar-refractivity contribution >= 4 is 10.1 Å². The summed E-state index contributed by atoms with van der Waals surface area (Å²) in [5.41, 5.74) is 13.0. The number of aromatic hydroxyl groups is 1. The van der Waals surface area contributed by atoms with Crippen molar-refractivity contribution in [3.8, 4) is 28.0 Å². The van der Waals surface area contributed by atoms with Crippen LogP contribution >= 0.6 is 0 Å². The SMILES string of the molecule is CC(C)([CH]=[Mo]=[N]c1c(F)c(F)c(F)c(F)c1F)c1ccccc1.Cc1cc(C)c(-c2cccc(-c3c(C)cc(C)cc3C)c2O)c(C)c1.Cc1ccc(C)[n-]1. The maximum atomic E-state index is 13.5. The fourth-order valence-electron chi connectivity index (χ4n) is 6.57. The molecule has 1 heterocycles. The van der Waals surface area contributed by atoms with Gasteiger partial charge in [0.15, 0.2) is 0 Å². The van der Waals surface area contributed by atoms with Crippen molar-refractivity contribution in [2.45, 2.75) is 74.7 Å². The summed E-state index contributed by atoms with van der Waals surface area (Å²) >= 11 is -1.47. The zero-order chi connectivity index (χ0) is 40.8. The predicted molar refractivity (Wildman–Crippen MR) is 210 cm³/mol. The van der Waals surface area contributed by atoms with Crippen LogP contribution in [0.3, 0.4) is 0 Å². The number of phenols is 1. The topological polar surface area (TPSA) is 46.7 Å². The maximum Gasteiger partial charge on any atom is 0.131 e. The van der Waals surface area contributed by atoms with E-state index in [1.807, 2.05) is 88.4 Å². The number of halogens is 5. The standard InChI is InChI=1S/C24H26O.C10H12.C6F5N.C6H8N.Mo/c1-14-10-16(3)22(17(4)11-14)20-8-7-9-21(24(20)25)23-18(5)12-15(2)13-19(23)6;1-10(2,3)9-7-5-4-6-8-9;7-1-2(8)4(10)6(12)5(11)3(1)9;1-5-3-4-6(2)7-5;/h7-13,25H,1-6H3;1,4-8H,2-3H3;;3-4H,1-2H3;/q;;;-1;. The molecule has 0 saturated carbocycles. The van der Waals surface area contributed by atoms with Crippen LogP contribution in [0.15, 0.2) is 88.4 Å². The second-order valence-corrected chi connectivity index (χ2v) is 15.8. The summed E-state index contributed by atoms with van der Waals surface area (Å²) in [7, 11) is 0. The number of benzene rings is 5. The zero-order valence-electron chi connectivity index (χ0n) is 32.8. The van der Waals surface area contributed by atoms with E-state index in [0.29, 0.717) is 5.75 Å². The normalized spacial score (nSPS) is 10.9. The van der Waals surface area contributed by atoms with E-state index in [2.05, 4.69) is 74.3 Å². The van der Waals surface area contributed by atoms with Crippen LogP contribution in [0.2, 0.25) is 0 Å². The van der Waals surface area contributed by atoms with Crippen LogP contribution < -0.4 is 4.98 Å². The fourth-order valence-corrected chi connectivity index (χ4v) is 8.34. The molecule has 0 atom stereocenters. The Balaban J connectivity index is 0.000000208. The van der Waals surface area contributed by atoms with Gasteiger partial charge in [-0.3, -0.25) is 0 Å². The minimum Gasteiger partial charge on any atom is -0.665 e. The van der Waals surface area contributed by atoms with Crippen molar-refractivity contribution < 1.29 is 45.0 Å². The second-order valence-electron chi connectivity index (χ2n) is 14.3. The van der Waals surface area contributed by atoms with E-state index in [4.69, 9.17) is 0 Å². The molecule has 1 aromatic heterocycles. The number of hydrogen-bond donors (Lipinski definition) is 1. The summed E-state index contributed by atoms with van der Waals surface area (Å²) in [5, 5.41) is 11.1. The Hall–Kier alpha value is -4.81. The molecular formula is C46H46F5MoN2O-. The van der Waals surface area contributed by atoms with Crippen LogP contribution in [-0.2, 0) is 23.3 Å². The van der Waals surface area contributed by atoms with E-state index in [-0.39, 0.29) is 0 Å². The molecule has 3 nitrogen and oxygen atoms in total. The first-order valence-electron chi connectivity index (χ1n) is 17.7. The number of hydrogen-bond acceptors (Lipinski definition) is 2. The number of aryl methyl sites for hydroxylation is 8. The maximum absolute atomic E-state index is 13.5. The molecule has 55 heavy (non-hydrogen) atoms. The Bertz CT molecular complexity index is 2220. The molecule has 0 fully saturated rings. The van der Waals surface area contributed by atoms with E-state index < -0.39 is 58.1 Å². The summed E-state index contributed by atoms with van der Waals surface area (Å²) in [6.07, 6.45) is 0. The van der Waals surface area contributed by atoms with Crippen LogP contribution in [0.25, 0.3) is 22.3 Å². The quantitative estimate of drug-likeness (QED) is 0.0814. The minimum atomic E-state index is -2.17. The Morgan fingerprint density at radius 1 is 0.564 bits per heavy atom. The Kier molecular flexibility index (Phi) is 14.2. The van der Waals surface area contributed by atoms with Crippen molar-refractivity contribution in [1.29, 1.82) is 0 Å². The molecule has 288 valence electrons. The van der Waals surface area contributed by atoms with Crippen molar-refractivity contribution in [3.63, 3.8) is 0 Å². The smallest absolute Gasteiger partial charge is 0.131 e. The summed E-state index contributed by atoms with van der Waals surface area (Å²) in [6.45, 7) is 20.4. The van der Waals surface area contributed by atoms with Gasteiger partial charge in [-0.25, -0.2) is 0 Å². The van der Waals surface area contributed by atoms with Crippen molar-refractivity contribution in [1.82, 2.24) is 4.98 Å². The zero-order valence-corrected chi connectivity index (χ0v) is 34.8. The van der Waals surface area contributed by atoms with Gasteiger partial charge in [0.2, 0.25) is 0 Å². The third-order valence-electron chi connectivity index (χ3n) is 9.04. The molecule has 0 saturated heterocycles. The average Bonchev–Trinajstić information content (AvgIpc) is 3.51. The Labute approximate surface area is 329 Å². The van der Waals surface area contributed by atoms with Gasteiger partial charge < -0.3 is 10.1 Å². The van der Waals surface area contributed by atoms with Gasteiger partial charge in [0.05, 0.1) is 0 Å². The molecule has 0 aliphatic rings. The van der Waals surface area contributed by atoms with Crippen LogP contribution in [0.4, 0.5) is 27.6 Å². The average molecular weight is 834 g/mol. The van der Waals surface area contributed by atoms with Crippen LogP contribution in [-0.4, -0.2) is 9.51 Å². The molecule has 6 aromatic rings. The van der Waals surface area contributed by atoms with Crippen molar-refractivity contribution in [3.05, 3.63) is 164 Å². The third-order valence-corrected chi connectivity index (χ3v) is 11.5. The van der Waals surface area contributed by atoms with E-state index in [9.17, 15) is 27.1 Å². The molecule has 0 bridgehead atoms. The number of phenolic OH excluding ortho intramolecular Hbond substituents is 1. The van der Waals surface area contributed by atoms with Gasteiger partial charge in [0, 0.05) is 11.1 Å².